The van der Waals surface area contributed by atoms with Crippen LogP contribution in [0, 0.1) is 23.0 Å². The maximum absolute atomic E-state index is 15.1. The molecule has 0 aliphatic heterocycles. The van der Waals surface area contributed by atoms with Gasteiger partial charge in [-0.2, -0.15) is 0 Å². The molecule has 4 unspecified atom stereocenters. The smallest absolute Gasteiger partial charge is 0.205 e. The quantitative estimate of drug-likeness (QED) is 0.231. The third kappa shape index (κ3) is 6.41. The normalized spacial score (nSPS) is 24.0. The van der Waals surface area contributed by atoms with Crippen molar-refractivity contribution in [2.75, 3.05) is 18.7 Å². The van der Waals surface area contributed by atoms with Crippen LogP contribution < -0.4 is 11.1 Å². The number of hydrogen-bond acceptors (Lipinski definition) is 8. The fourth-order valence-corrected chi connectivity index (χ4v) is 8.64. The Kier molecular flexibility index (Phi) is 8.82. The summed E-state index contributed by atoms with van der Waals surface area (Å²) in [5.41, 5.74) is 7.59. The topological polar surface area (TPSA) is 147 Å². The summed E-state index contributed by atoms with van der Waals surface area (Å²) in [7, 11) is -1.71. The molecule has 0 spiro atoms. The molecule has 2 aliphatic rings. The summed E-state index contributed by atoms with van der Waals surface area (Å²) in [4.78, 5) is 11.7. The van der Waals surface area contributed by atoms with Crippen LogP contribution in [0.2, 0.25) is 0 Å². The number of hydrogen-bond donors (Lipinski definition) is 4. The van der Waals surface area contributed by atoms with Crippen LogP contribution in [0.25, 0.3) is 6.08 Å². The summed E-state index contributed by atoms with van der Waals surface area (Å²) >= 11 is 0. The fraction of sp³-hybridized carbons (Fsp3) is 0.452. The zero-order valence-corrected chi connectivity index (χ0v) is 25.3. The molecule has 1 aromatic carbocycles. The van der Waals surface area contributed by atoms with Gasteiger partial charge in [0.1, 0.15) is 11.6 Å². The molecule has 12 heteroatoms. The molecule has 230 valence electrons. The highest BCUT2D eigenvalue weighted by atomic mass is 32.2. The van der Waals surface area contributed by atoms with E-state index in [1.54, 1.807) is 19.5 Å². The number of H-pyrrole nitrogens is 1. The molecule has 0 radical (unpaired) electrons. The van der Waals surface area contributed by atoms with E-state index in [1.807, 2.05) is 13.0 Å². The molecular formula is C31H38F2N6O3S. The number of pyridine rings is 1. The first-order valence-corrected chi connectivity index (χ1v) is 16.4. The first-order valence-electron chi connectivity index (χ1n) is 14.4. The molecule has 2 aromatic heterocycles. The van der Waals surface area contributed by atoms with Crippen LogP contribution in [0.15, 0.2) is 42.9 Å². The summed E-state index contributed by atoms with van der Waals surface area (Å²) in [6.07, 6.45) is 13.4. The van der Waals surface area contributed by atoms with Crippen LogP contribution in [0.4, 0.5) is 20.4 Å². The monoisotopic (exact) mass is 612 g/mol. The van der Waals surface area contributed by atoms with Crippen molar-refractivity contribution >= 4 is 33.3 Å². The van der Waals surface area contributed by atoms with Crippen LogP contribution in [-0.4, -0.2) is 53.7 Å². The number of rotatable bonds is 9. The van der Waals surface area contributed by atoms with E-state index in [0.29, 0.717) is 48.6 Å². The molecule has 5 N–H and O–H groups in total. The lowest BCUT2D eigenvalue weighted by atomic mass is 9.76. The van der Waals surface area contributed by atoms with Crippen molar-refractivity contribution in [2.24, 2.45) is 11.7 Å². The number of nitrogens with zero attached hydrogens (tertiary/aromatic N) is 2. The minimum Gasteiger partial charge on any atom is -0.374 e. The predicted molar refractivity (Wildman–Crippen MR) is 163 cm³/mol. The van der Waals surface area contributed by atoms with Crippen molar-refractivity contribution in [3.63, 3.8) is 0 Å². The maximum atomic E-state index is 15.1. The minimum atomic E-state index is -3.27. The molecule has 9 nitrogen and oxygen atoms in total. The number of anilines is 2. The van der Waals surface area contributed by atoms with E-state index in [2.05, 4.69) is 20.3 Å². The maximum Gasteiger partial charge on any atom is 0.205 e. The molecule has 0 saturated heterocycles. The van der Waals surface area contributed by atoms with Gasteiger partial charge in [-0.05, 0) is 79.0 Å². The lowest BCUT2D eigenvalue weighted by molar-refractivity contribution is -0.00917. The SMILES string of the molecule is COC1(c2cc(F)c(C(=N)/C=C\c3cnc(Nc4cnccc4C4CC(C)C(S(C)(=O)=O)C(N)C4)[nH]3)c(F)c2)CCCC1. The molecule has 2 fully saturated rings. The largest absolute Gasteiger partial charge is 0.374 e. The molecule has 5 rings (SSSR count). The number of nitrogens with two attached hydrogens (primary N) is 1. The number of ether oxygens (including phenoxy) is 1. The lowest BCUT2D eigenvalue weighted by Crippen LogP contribution is -2.48. The number of aromatic amines is 1. The zero-order chi connectivity index (χ0) is 30.9. The molecule has 0 bridgehead atoms. The Balaban J connectivity index is 1.29. The third-order valence-corrected chi connectivity index (χ3v) is 10.7. The second-order valence-corrected chi connectivity index (χ2v) is 14.0. The van der Waals surface area contributed by atoms with E-state index in [4.69, 9.17) is 15.9 Å². The first-order chi connectivity index (χ1) is 20.4. The van der Waals surface area contributed by atoms with Gasteiger partial charge in [0.2, 0.25) is 5.95 Å². The Bertz CT molecular complexity index is 1600. The van der Waals surface area contributed by atoms with Gasteiger partial charge in [-0.3, -0.25) is 4.98 Å². The fourth-order valence-electron chi connectivity index (χ4n) is 6.94. The molecule has 3 aromatic rings. The molecule has 2 aliphatic carbocycles. The first kappa shape index (κ1) is 31.0. The van der Waals surface area contributed by atoms with Gasteiger partial charge in [-0.15, -0.1) is 0 Å². The van der Waals surface area contributed by atoms with Crippen molar-refractivity contribution in [3.8, 4) is 0 Å². The predicted octanol–water partition coefficient (Wildman–Crippen LogP) is 5.58. The highest BCUT2D eigenvalue weighted by Crippen LogP contribution is 2.43. The van der Waals surface area contributed by atoms with Gasteiger partial charge in [0.15, 0.2) is 9.84 Å². The summed E-state index contributed by atoms with van der Waals surface area (Å²) < 4.78 is 60.4. The van der Waals surface area contributed by atoms with Gasteiger partial charge in [0, 0.05) is 25.6 Å². The van der Waals surface area contributed by atoms with Crippen molar-refractivity contribution in [1.82, 2.24) is 15.0 Å². The van der Waals surface area contributed by atoms with Gasteiger partial charge < -0.3 is 26.2 Å². The Labute approximate surface area is 250 Å². The number of halogens is 2. The van der Waals surface area contributed by atoms with Gasteiger partial charge in [0.05, 0.1) is 45.9 Å². The number of imidazole rings is 1. The second-order valence-electron chi connectivity index (χ2n) is 11.8. The Morgan fingerprint density at radius 1 is 1.21 bits per heavy atom. The number of aromatic nitrogens is 3. The summed E-state index contributed by atoms with van der Waals surface area (Å²) in [5.74, 6) is -1.26. The number of benzene rings is 1. The average Bonchev–Trinajstić information content (AvgIpc) is 3.61. The summed E-state index contributed by atoms with van der Waals surface area (Å²) in [6.45, 7) is 1.92. The van der Waals surface area contributed by atoms with Crippen LogP contribution in [0.5, 0.6) is 0 Å². The van der Waals surface area contributed by atoms with Crippen molar-refractivity contribution in [2.45, 2.75) is 68.3 Å². The molecule has 0 amide bonds. The standard InChI is InChI=1S/C31H38F2N6O3S/c1-18-12-19(13-26(35)29(18)43(3,40)41)22-8-11-36-17-27(22)39-30-37-16-21(38-30)6-7-25(34)28-23(32)14-20(15-24(28)33)31(42-2)9-4-5-10-31/h6-8,11,14-19,26,29,34H,4-5,9-10,12-13,35H2,1-3H3,(H2,37,38,39)/b7-6-,34-25?. The third-order valence-electron chi connectivity index (χ3n) is 8.90. The zero-order valence-electron chi connectivity index (χ0n) is 24.5. The van der Waals surface area contributed by atoms with Gasteiger partial charge in [0.25, 0.3) is 0 Å². The van der Waals surface area contributed by atoms with E-state index in [1.165, 1.54) is 36.7 Å². The van der Waals surface area contributed by atoms with Crippen LogP contribution in [0.3, 0.4) is 0 Å². The minimum absolute atomic E-state index is 0.0342. The van der Waals surface area contributed by atoms with Crippen molar-refractivity contribution < 1.29 is 21.9 Å². The highest BCUT2D eigenvalue weighted by molar-refractivity contribution is 7.91. The highest BCUT2D eigenvalue weighted by Gasteiger charge is 2.40. The van der Waals surface area contributed by atoms with E-state index < -0.39 is 43.9 Å². The number of nitrogens with one attached hydrogen (secondary N) is 3. The van der Waals surface area contributed by atoms with Crippen LogP contribution in [-0.2, 0) is 20.2 Å². The Morgan fingerprint density at radius 2 is 1.91 bits per heavy atom. The van der Waals surface area contributed by atoms with E-state index in [0.717, 1.165) is 18.4 Å². The average molecular weight is 613 g/mol. The molecule has 43 heavy (non-hydrogen) atoms. The van der Waals surface area contributed by atoms with Crippen LogP contribution >= 0.6 is 0 Å². The molecule has 2 saturated carbocycles. The number of sulfone groups is 1. The van der Waals surface area contributed by atoms with E-state index in [-0.39, 0.29) is 17.5 Å². The molecule has 4 atom stereocenters. The second kappa shape index (κ2) is 12.3. The van der Waals surface area contributed by atoms with Gasteiger partial charge >= 0.3 is 0 Å². The van der Waals surface area contributed by atoms with Crippen molar-refractivity contribution in [3.05, 3.63) is 76.9 Å². The molecular weight excluding hydrogens is 574 g/mol. The summed E-state index contributed by atoms with van der Waals surface area (Å²) in [5, 5.41) is 11.0. The van der Waals surface area contributed by atoms with Gasteiger partial charge in [-0.25, -0.2) is 22.2 Å². The van der Waals surface area contributed by atoms with Gasteiger partial charge in [-0.1, -0.05) is 19.8 Å². The van der Waals surface area contributed by atoms with Crippen LogP contribution in [0.1, 0.15) is 73.8 Å². The number of methoxy groups -OCH3 is 1. The van der Waals surface area contributed by atoms with E-state index in [9.17, 15) is 8.42 Å². The number of allylic oxidation sites excluding steroid dienone is 1. The van der Waals surface area contributed by atoms with Crippen molar-refractivity contribution in [1.29, 1.82) is 5.41 Å². The summed E-state index contributed by atoms with van der Waals surface area (Å²) in [6, 6.07) is 3.98. The van der Waals surface area contributed by atoms with E-state index >= 15 is 8.78 Å². The lowest BCUT2D eigenvalue weighted by Gasteiger charge is -2.38. The Hall–Kier alpha value is -3.48. The molecule has 2 heterocycles. The Morgan fingerprint density at radius 3 is 2.53 bits per heavy atom.